The second-order valence-electron chi connectivity index (χ2n) is 7.77. The lowest BCUT2D eigenvalue weighted by Gasteiger charge is -2.29. The zero-order chi connectivity index (χ0) is 15.8. The Morgan fingerprint density at radius 2 is 1.87 bits per heavy atom. The van der Waals surface area contributed by atoms with Crippen LogP contribution in [-0.2, 0) is 9.53 Å². The highest BCUT2D eigenvalue weighted by Crippen LogP contribution is 2.42. The molecular weight excluding hydrogens is 294 g/mol. The van der Waals surface area contributed by atoms with Crippen LogP contribution in [0.3, 0.4) is 0 Å². The van der Waals surface area contributed by atoms with Crippen molar-refractivity contribution in [2.24, 2.45) is 17.8 Å². The summed E-state index contributed by atoms with van der Waals surface area (Å²) in [6.07, 6.45) is 7.65. The molecule has 6 nitrogen and oxygen atoms in total. The van der Waals surface area contributed by atoms with Crippen LogP contribution >= 0.6 is 0 Å². The Hall–Kier alpha value is -1.30. The molecule has 128 valence electrons. The first-order chi connectivity index (χ1) is 11.2. The van der Waals surface area contributed by atoms with Crippen LogP contribution in [0.2, 0.25) is 0 Å². The smallest absolute Gasteiger partial charge is 0.317 e. The van der Waals surface area contributed by atoms with Gasteiger partial charge in [-0.2, -0.15) is 0 Å². The minimum absolute atomic E-state index is 0.00190. The van der Waals surface area contributed by atoms with E-state index in [1.807, 2.05) is 4.90 Å². The molecule has 2 N–H and O–H groups in total. The van der Waals surface area contributed by atoms with Gasteiger partial charge in [-0.1, -0.05) is 25.7 Å². The molecule has 23 heavy (non-hydrogen) atoms. The van der Waals surface area contributed by atoms with Crippen LogP contribution in [0.5, 0.6) is 0 Å². The molecule has 4 aliphatic rings. The molecule has 2 bridgehead atoms. The second-order valence-corrected chi connectivity index (χ2v) is 7.77. The normalized spacial score (nSPS) is 40.1. The van der Waals surface area contributed by atoms with Gasteiger partial charge in [0.25, 0.3) is 0 Å². The van der Waals surface area contributed by atoms with Crippen molar-refractivity contribution in [1.29, 1.82) is 0 Å². The lowest BCUT2D eigenvalue weighted by atomic mass is 9.82. The summed E-state index contributed by atoms with van der Waals surface area (Å²) in [6.45, 7) is 1.93. The number of hydrogen-bond acceptors (Lipinski definition) is 3. The summed E-state index contributed by atoms with van der Waals surface area (Å²) in [4.78, 5) is 26.5. The number of fused-ring (bicyclic) bond motifs is 4. The van der Waals surface area contributed by atoms with Gasteiger partial charge >= 0.3 is 6.03 Å². The summed E-state index contributed by atoms with van der Waals surface area (Å²) in [5.41, 5.74) is 0. The van der Waals surface area contributed by atoms with Crippen molar-refractivity contribution in [1.82, 2.24) is 15.5 Å². The summed E-state index contributed by atoms with van der Waals surface area (Å²) in [5.74, 6) is 1.41. The maximum absolute atomic E-state index is 12.7. The first kappa shape index (κ1) is 15.2. The van der Waals surface area contributed by atoms with Gasteiger partial charge in [-0.15, -0.1) is 0 Å². The number of rotatable bonds is 1. The number of carbonyl (C=O) groups is 2. The Morgan fingerprint density at radius 3 is 2.61 bits per heavy atom. The Bertz CT molecular complexity index is 470. The van der Waals surface area contributed by atoms with E-state index in [1.54, 1.807) is 0 Å². The van der Waals surface area contributed by atoms with E-state index in [0.29, 0.717) is 32.3 Å². The van der Waals surface area contributed by atoms with E-state index in [1.165, 1.54) is 25.7 Å². The minimum Gasteiger partial charge on any atom is -0.378 e. The van der Waals surface area contributed by atoms with E-state index in [0.717, 1.165) is 24.7 Å². The number of hydrogen-bond donors (Lipinski definition) is 2. The van der Waals surface area contributed by atoms with Crippen molar-refractivity contribution >= 4 is 11.9 Å². The first-order valence-corrected chi connectivity index (χ1v) is 9.12. The Balaban J connectivity index is 1.36. The van der Waals surface area contributed by atoms with Gasteiger partial charge in [0.15, 0.2) is 0 Å². The van der Waals surface area contributed by atoms with Crippen molar-refractivity contribution in [2.75, 3.05) is 26.3 Å². The highest BCUT2D eigenvalue weighted by molar-refractivity contribution is 5.82. The quantitative estimate of drug-likeness (QED) is 0.760. The van der Waals surface area contributed by atoms with Crippen LogP contribution in [0.25, 0.3) is 0 Å². The SMILES string of the molecule is O=C1NC2COCC1CN(C(=O)NC1C[C@H]3CCCC[C@H]3C1)C2. The minimum atomic E-state index is -0.237. The lowest BCUT2D eigenvalue weighted by Crippen LogP contribution is -2.50. The monoisotopic (exact) mass is 321 g/mol. The van der Waals surface area contributed by atoms with Gasteiger partial charge in [0.05, 0.1) is 25.2 Å². The van der Waals surface area contributed by atoms with Gasteiger partial charge in [0, 0.05) is 19.1 Å². The molecule has 0 aromatic rings. The molecule has 2 saturated heterocycles. The van der Waals surface area contributed by atoms with Crippen molar-refractivity contribution in [3.63, 3.8) is 0 Å². The average molecular weight is 321 g/mol. The molecule has 2 heterocycles. The molecule has 2 aliphatic carbocycles. The number of ether oxygens (including phenoxy) is 1. The van der Waals surface area contributed by atoms with Crippen LogP contribution in [0, 0.1) is 17.8 Å². The number of nitrogens with zero attached hydrogens (tertiary/aromatic N) is 1. The molecule has 0 spiro atoms. The topological polar surface area (TPSA) is 70.7 Å². The molecule has 2 aliphatic heterocycles. The number of urea groups is 1. The molecule has 0 aromatic heterocycles. The molecule has 4 rings (SSSR count). The van der Waals surface area contributed by atoms with Crippen LogP contribution in [-0.4, -0.2) is 55.2 Å². The van der Waals surface area contributed by atoms with E-state index < -0.39 is 0 Å². The van der Waals surface area contributed by atoms with E-state index in [9.17, 15) is 9.59 Å². The second kappa shape index (κ2) is 6.30. The third-order valence-electron chi connectivity index (χ3n) is 6.09. The fourth-order valence-electron chi connectivity index (χ4n) is 4.91. The van der Waals surface area contributed by atoms with Gasteiger partial charge in [-0.3, -0.25) is 4.79 Å². The molecule has 3 amide bonds. The third-order valence-corrected chi connectivity index (χ3v) is 6.09. The predicted molar refractivity (Wildman–Crippen MR) is 84.8 cm³/mol. The van der Waals surface area contributed by atoms with Crippen molar-refractivity contribution in [3.05, 3.63) is 0 Å². The first-order valence-electron chi connectivity index (χ1n) is 9.12. The Kier molecular flexibility index (Phi) is 4.18. The summed E-state index contributed by atoms with van der Waals surface area (Å²) in [6, 6.07) is 0.243. The van der Waals surface area contributed by atoms with Crippen LogP contribution in [0.1, 0.15) is 38.5 Å². The third kappa shape index (κ3) is 3.18. The van der Waals surface area contributed by atoms with Gasteiger partial charge in [0.2, 0.25) is 5.91 Å². The van der Waals surface area contributed by atoms with Gasteiger partial charge in [0.1, 0.15) is 0 Å². The van der Waals surface area contributed by atoms with E-state index in [-0.39, 0.29) is 23.9 Å². The van der Waals surface area contributed by atoms with Gasteiger partial charge < -0.3 is 20.3 Å². The maximum Gasteiger partial charge on any atom is 0.317 e. The maximum atomic E-state index is 12.7. The molecule has 0 aromatic carbocycles. The summed E-state index contributed by atoms with van der Waals surface area (Å²) < 4.78 is 5.52. The van der Waals surface area contributed by atoms with Gasteiger partial charge in [-0.25, -0.2) is 4.79 Å². The highest BCUT2D eigenvalue weighted by Gasteiger charge is 2.39. The largest absolute Gasteiger partial charge is 0.378 e. The Labute approximate surface area is 137 Å². The standard InChI is InChI=1S/C17H27N3O3/c21-16-13-7-20(8-15(18-16)10-23-9-13)17(22)19-14-5-11-3-1-2-4-12(11)6-14/h11-15H,1-10H2,(H,18,21)(H,19,22)/t11-,12+,13?,14?,15?. The summed E-state index contributed by atoms with van der Waals surface area (Å²) in [7, 11) is 0. The summed E-state index contributed by atoms with van der Waals surface area (Å²) in [5, 5.41) is 6.22. The fraction of sp³-hybridized carbons (Fsp3) is 0.882. The highest BCUT2D eigenvalue weighted by atomic mass is 16.5. The van der Waals surface area contributed by atoms with Gasteiger partial charge in [-0.05, 0) is 24.7 Å². The zero-order valence-electron chi connectivity index (χ0n) is 13.6. The van der Waals surface area contributed by atoms with Crippen molar-refractivity contribution in [3.8, 4) is 0 Å². The predicted octanol–water partition coefficient (Wildman–Crippen LogP) is 1.11. The number of nitrogens with one attached hydrogen (secondary N) is 2. The van der Waals surface area contributed by atoms with Crippen LogP contribution in [0.4, 0.5) is 4.79 Å². The summed E-state index contributed by atoms with van der Waals surface area (Å²) >= 11 is 0. The van der Waals surface area contributed by atoms with Crippen molar-refractivity contribution < 1.29 is 14.3 Å². The zero-order valence-corrected chi connectivity index (χ0v) is 13.6. The molecule has 4 fully saturated rings. The van der Waals surface area contributed by atoms with Crippen LogP contribution in [0.15, 0.2) is 0 Å². The molecular formula is C17H27N3O3. The molecule has 3 unspecified atom stereocenters. The Morgan fingerprint density at radius 1 is 1.13 bits per heavy atom. The van der Waals surface area contributed by atoms with E-state index in [2.05, 4.69) is 10.6 Å². The fourth-order valence-corrected chi connectivity index (χ4v) is 4.91. The molecule has 5 atom stereocenters. The average Bonchev–Trinajstić information content (AvgIpc) is 2.74. The lowest BCUT2D eigenvalue weighted by molar-refractivity contribution is -0.125. The molecule has 6 heteroatoms. The molecule has 2 saturated carbocycles. The van der Waals surface area contributed by atoms with Crippen molar-refractivity contribution in [2.45, 2.75) is 50.6 Å². The number of carbonyl (C=O) groups excluding carboxylic acids is 2. The van der Waals surface area contributed by atoms with E-state index in [4.69, 9.17) is 4.74 Å². The van der Waals surface area contributed by atoms with E-state index >= 15 is 0 Å². The van der Waals surface area contributed by atoms with Crippen LogP contribution < -0.4 is 10.6 Å². The molecule has 0 radical (unpaired) electrons. The number of amides is 3.